The van der Waals surface area contributed by atoms with Crippen LogP contribution in [-0.2, 0) is 11.3 Å². The summed E-state index contributed by atoms with van der Waals surface area (Å²) in [4.78, 5) is 15.9. The summed E-state index contributed by atoms with van der Waals surface area (Å²) in [5, 5.41) is 10.8. The Morgan fingerprint density at radius 2 is 1.60 bits per heavy atom. The lowest BCUT2D eigenvalue weighted by molar-refractivity contribution is -0.130. The van der Waals surface area contributed by atoms with Crippen LogP contribution < -0.4 is 0 Å². The molecule has 152 valence electrons. The zero-order valence-corrected chi connectivity index (χ0v) is 17.6. The van der Waals surface area contributed by atoms with Crippen molar-refractivity contribution in [3.8, 4) is 0 Å². The molecule has 4 rings (SSSR count). The summed E-state index contributed by atoms with van der Waals surface area (Å²) in [6.07, 6.45) is 2.01. The fourth-order valence-electron chi connectivity index (χ4n) is 3.76. The first-order valence-corrected chi connectivity index (χ1v) is 10.9. The van der Waals surface area contributed by atoms with Gasteiger partial charge in [0.25, 0.3) is 5.91 Å². The molecule has 0 spiro atoms. The van der Waals surface area contributed by atoms with E-state index in [1.54, 1.807) is 28.8 Å². The van der Waals surface area contributed by atoms with Crippen LogP contribution in [0.4, 0.5) is 4.39 Å². The quantitative estimate of drug-likeness (QED) is 0.523. The Morgan fingerprint density at radius 3 is 2.20 bits per heavy atom. The van der Waals surface area contributed by atoms with Gasteiger partial charge in [-0.05, 0) is 54.1 Å². The molecule has 0 fully saturated rings. The number of hydrogen-bond donors (Lipinski definition) is 1. The second-order valence-electron chi connectivity index (χ2n) is 7.36. The SMILES string of the molecule is CSc1ccc(CN2C(=O)C(O)=C(c3ccc(C)cc3)C2c2ccc(F)cc2)cc1. The minimum Gasteiger partial charge on any atom is -0.503 e. The van der Waals surface area contributed by atoms with Crippen LogP contribution >= 0.6 is 11.8 Å². The lowest BCUT2D eigenvalue weighted by Gasteiger charge is -2.27. The lowest BCUT2D eigenvalue weighted by atomic mass is 9.93. The molecule has 0 saturated carbocycles. The van der Waals surface area contributed by atoms with E-state index in [-0.39, 0.29) is 11.6 Å². The Kier molecular flexibility index (Phi) is 5.64. The van der Waals surface area contributed by atoms with Gasteiger partial charge in [-0.25, -0.2) is 4.39 Å². The van der Waals surface area contributed by atoms with Gasteiger partial charge in [-0.15, -0.1) is 11.8 Å². The van der Waals surface area contributed by atoms with Crippen LogP contribution in [0.3, 0.4) is 0 Å². The topological polar surface area (TPSA) is 40.5 Å². The second-order valence-corrected chi connectivity index (χ2v) is 8.24. The van der Waals surface area contributed by atoms with Crippen LogP contribution in [0.25, 0.3) is 5.57 Å². The van der Waals surface area contributed by atoms with E-state index in [0.29, 0.717) is 12.1 Å². The molecule has 0 aliphatic carbocycles. The first-order chi connectivity index (χ1) is 14.5. The van der Waals surface area contributed by atoms with E-state index in [2.05, 4.69) is 0 Å². The number of aryl methyl sites for hydroxylation is 1. The number of carbonyl (C=O) groups excluding carboxylic acids is 1. The van der Waals surface area contributed by atoms with E-state index in [1.165, 1.54) is 12.1 Å². The van der Waals surface area contributed by atoms with Crippen molar-refractivity contribution in [1.29, 1.82) is 0 Å². The van der Waals surface area contributed by atoms with Gasteiger partial charge in [0.05, 0.1) is 6.04 Å². The highest BCUT2D eigenvalue weighted by Crippen LogP contribution is 2.43. The number of aliphatic hydroxyl groups is 1. The molecule has 5 heteroatoms. The molecule has 1 unspecified atom stereocenters. The molecule has 0 bridgehead atoms. The maximum Gasteiger partial charge on any atom is 0.290 e. The van der Waals surface area contributed by atoms with Crippen molar-refractivity contribution in [2.24, 2.45) is 0 Å². The van der Waals surface area contributed by atoms with Crippen molar-refractivity contribution < 1.29 is 14.3 Å². The van der Waals surface area contributed by atoms with Crippen LogP contribution in [0.15, 0.2) is 83.5 Å². The van der Waals surface area contributed by atoms with E-state index < -0.39 is 11.9 Å². The monoisotopic (exact) mass is 419 g/mol. The lowest BCUT2D eigenvalue weighted by Crippen LogP contribution is -2.29. The third-order valence-corrected chi connectivity index (χ3v) is 6.11. The molecule has 3 aromatic rings. The molecule has 3 nitrogen and oxygen atoms in total. The van der Waals surface area contributed by atoms with Gasteiger partial charge >= 0.3 is 0 Å². The summed E-state index contributed by atoms with van der Waals surface area (Å²) < 4.78 is 13.6. The maximum absolute atomic E-state index is 13.6. The van der Waals surface area contributed by atoms with Gasteiger partial charge in [0.1, 0.15) is 5.82 Å². The van der Waals surface area contributed by atoms with Crippen molar-refractivity contribution in [3.05, 3.63) is 107 Å². The van der Waals surface area contributed by atoms with Gasteiger partial charge in [-0.1, -0.05) is 54.1 Å². The number of halogens is 1. The molecule has 0 saturated heterocycles. The first kappa shape index (κ1) is 20.2. The number of carbonyl (C=O) groups is 1. The Balaban J connectivity index is 1.77. The normalized spacial score (nSPS) is 16.4. The zero-order valence-electron chi connectivity index (χ0n) is 16.8. The van der Waals surface area contributed by atoms with Crippen LogP contribution in [0.5, 0.6) is 0 Å². The van der Waals surface area contributed by atoms with Gasteiger partial charge in [0.15, 0.2) is 5.76 Å². The average molecular weight is 420 g/mol. The van der Waals surface area contributed by atoms with Crippen LogP contribution in [0.2, 0.25) is 0 Å². The van der Waals surface area contributed by atoms with E-state index in [4.69, 9.17) is 0 Å². The van der Waals surface area contributed by atoms with Crippen molar-refractivity contribution in [2.45, 2.75) is 24.4 Å². The Hall–Kier alpha value is -3.05. The molecule has 1 N–H and O–H groups in total. The Labute approximate surface area is 179 Å². The highest BCUT2D eigenvalue weighted by Gasteiger charge is 2.40. The second kappa shape index (κ2) is 8.36. The number of benzene rings is 3. The predicted octanol–water partition coefficient (Wildman–Crippen LogP) is 5.91. The number of thioether (sulfide) groups is 1. The molecule has 1 aliphatic rings. The summed E-state index contributed by atoms with van der Waals surface area (Å²) in [6.45, 7) is 2.33. The molecular formula is C25H22FNO2S. The molecule has 30 heavy (non-hydrogen) atoms. The number of aliphatic hydroxyl groups excluding tert-OH is 1. The van der Waals surface area contributed by atoms with E-state index in [1.807, 2.05) is 61.7 Å². The fraction of sp³-hybridized carbons (Fsp3) is 0.160. The summed E-state index contributed by atoms with van der Waals surface area (Å²) in [6, 6.07) is 21.3. The van der Waals surface area contributed by atoms with Crippen molar-refractivity contribution in [1.82, 2.24) is 4.90 Å². The Morgan fingerprint density at radius 1 is 0.967 bits per heavy atom. The summed E-state index contributed by atoms with van der Waals surface area (Å²) >= 11 is 1.65. The van der Waals surface area contributed by atoms with Gasteiger partial charge in [-0.3, -0.25) is 4.79 Å². The predicted molar refractivity (Wildman–Crippen MR) is 119 cm³/mol. The van der Waals surface area contributed by atoms with Crippen LogP contribution in [0, 0.1) is 12.7 Å². The van der Waals surface area contributed by atoms with E-state index >= 15 is 0 Å². The number of nitrogens with zero attached hydrogens (tertiary/aromatic N) is 1. The molecule has 1 heterocycles. The average Bonchev–Trinajstić information content (AvgIpc) is 3.00. The number of rotatable bonds is 5. The van der Waals surface area contributed by atoms with E-state index in [0.717, 1.165) is 27.1 Å². The third kappa shape index (κ3) is 3.85. The molecule has 3 aromatic carbocycles. The largest absolute Gasteiger partial charge is 0.503 e. The molecule has 1 aliphatic heterocycles. The molecule has 1 atom stereocenters. The highest BCUT2D eigenvalue weighted by atomic mass is 32.2. The van der Waals surface area contributed by atoms with Gasteiger partial charge in [0, 0.05) is 17.0 Å². The summed E-state index contributed by atoms with van der Waals surface area (Å²) in [5.74, 6) is -1.02. The summed E-state index contributed by atoms with van der Waals surface area (Å²) in [5.41, 5.74) is 4.14. The van der Waals surface area contributed by atoms with Crippen LogP contribution in [-0.4, -0.2) is 22.2 Å². The maximum atomic E-state index is 13.6. The van der Waals surface area contributed by atoms with Gasteiger partial charge in [-0.2, -0.15) is 0 Å². The highest BCUT2D eigenvalue weighted by molar-refractivity contribution is 7.98. The van der Waals surface area contributed by atoms with E-state index in [9.17, 15) is 14.3 Å². The molecule has 0 radical (unpaired) electrons. The number of amides is 1. The zero-order chi connectivity index (χ0) is 21.3. The van der Waals surface area contributed by atoms with Crippen LogP contribution in [0.1, 0.15) is 28.3 Å². The van der Waals surface area contributed by atoms with Gasteiger partial charge in [0.2, 0.25) is 0 Å². The third-order valence-electron chi connectivity index (χ3n) is 5.36. The fourth-order valence-corrected chi connectivity index (χ4v) is 4.17. The standard InChI is InChI=1S/C25H22FNO2S/c1-16-3-7-18(8-4-16)22-23(19-9-11-20(26)12-10-19)27(25(29)24(22)28)15-17-5-13-21(30-2)14-6-17/h3-14,23,28H,15H2,1-2H3. The molecule has 1 amide bonds. The van der Waals surface area contributed by atoms with Gasteiger partial charge < -0.3 is 10.0 Å². The van der Waals surface area contributed by atoms with Crippen molar-refractivity contribution in [3.63, 3.8) is 0 Å². The minimum absolute atomic E-state index is 0.256. The van der Waals surface area contributed by atoms with Crippen molar-refractivity contribution in [2.75, 3.05) is 6.26 Å². The smallest absolute Gasteiger partial charge is 0.290 e. The summed E-state index contributed by atoms with van der Waals surface area (Å²) in [7, 11) is 0. The van der Waals surface area contributed by atoms with Crippen molar-refractivity contribution >= 4 is 23.2 Å². The minimum atomic E-state index is -0.499. The number of hydrogen-bond acceptors (Lipinski definition) is 3. The first-order valence-electron chi connectivity index (χ1n) is 9.67. The molecule has 0 aromatic heterocycles. The Bertz CT molecular complexity index is 1090. The molecular weight excluding hydrogens is 397 g/mol.